The van der Waals surface area contributed by atoms with Crippen molar-refractivity contribution in [3.63, 3.8) is 0 Å². The molecule has 0 bridgehead atoms. The highest BCUT2D eigenvalue weighted by Crippen LogP contribution is 2.23. The van der Waals surface area contributed by atoms with Gasteiger partial charge >= 0.3 is 6.09 Å². The number of carbonyl (C=O) groups is 1. The Balaban J connectivity index is 2.80. The van der Waals surface area contributed by atoms with E-state index in [2.05, 4.69) is 19.2 Å². The summed E-state index contributed by atoms with van der Waals surface area (Å²) in [5.74, 6) is 1.08. The summed E-state index contributed by atoms with van der Waals surface area (Å²) in [6.45, 7) is 6.28. The molecule has 1 aromatic rings. The van der Waals surface area contributed by atoms with E-state index >= 15 is 0 Å². The molecule has 0 aromatic heterocycles. The lowest BCUT2D eigenvalue weighted by molar-refractivity contribution is 0.145. The Morgan fingerprint density at radius 3 is 2.33 bits per heavy atom. The summed E-state index contributed by atoms with van der Waals surface area (Å²) in [6.07, 6.45) is -0.382. The van der Waals surface area contributed by atoms with Crippen LogP contribution in [0.5, 0.6) is 5.75 Å². The topological polar surface area (TPSA) is 47.6 Å². The number of amides is 1. The summed E-state index contributed by atoms with van der Waals surface area (Å²) < 4.78 is 10.0. The highest BCUT2D eigenvalue weighted by molar-refractivity contribution is 5.67. The Hall–Kier alpha value is -1.71. The fraction of sp³-hybridized carbons (Fsp3) is 0.500. The van der Waals surface area contributed by atoms with E-state index in [1.165, 1.54) is 0 Å². The zero-order valence-electron chi connectivity index (χ0n) is 11.4. The van der Waals surface area contributed by atoms with Crippen molar-refractivity contribution in [1.29, 1.82) is 0 Å². The molecule has 0 aliphatic rings. The number of hydrogen-bond acceptors (Lipinski definition) is 3. The van der Waals surface area contributed by atoms with E-state index in [9.17, 15) is 4.79 Å². The molecule has 0 aliphatic carbocycles. The maximum absolute atomic E-state index is 11.5. The van der Waals surface area contributed by atoms with Crippen LogP contribution in [0.4, 0.5) is 4.79 Å². The molecule has 1 rings (SSSR count). The molecule has 1 N–H and O–H groups in total. The van der Waals surface area contributed by atoms with Gasteiger partial charge in [-0.1, -0.05) is 26.0 Å². The van der Waals surface area contributed by atoms with E-state index < -0.39 is 0 Å². The predicted octanol–water partition coefficient (Wildman–Crippen LogP) is 3.14. The summed E-state index contributed by atoms with van der Waals surface area (Å²) in [6, 6.07) is 7.62. The van der Waals surface area contributed by atoms with Crippen molar-refractivity contribution in [2.75, 3.05) is 13.7 Å². The van der Waals surface area contributed by atoms with Gasteiger partial charge in [-0.25, -0.2) is 4.79 Å². The molecular weight excluding hydrogens is 230 g/mol. The molecule has 1 atom stereocenters. The Morgan fingerprint density at radius 2 is 1.89 bits per heavy atom. The van der Waals surface area contributed by atoms with Crippen LogP contribution in [0.3, 0.4) is 0 Å². The highest BCUT2D eigenvalue weighted by Gasteiger charge is 2.18. The first-order valence-electron chi connectivity index (χ1n) is 6.15. The second-order valence-electron chi connectivity index (χ2n) is 4.36. The number of methoxy groups -OCH3 is 1. The quantitative estimate of drug-likeness (QED) is 0.874. The molecule has 100 valence electrons. The van der Waals surface area contributed by atoms with Gasteiger partial charge in [0.2, 0.25) is 0 Å². The number of carbonyl (C=O) groups excluding carboxylic acids is 1. The SMILES string of the molecule is CCOC(=O)NC(c1ccc(OC)cc1)C(C)C. The van der Waals surface area contributed by atoms with Crippen molar-refractivity contribution in [2.24, 2.45) is 5.92 Å². The molecule has 1 amide bonds. The number of hydrogen-bond donors (Lipinski definition) is 1. The van der Waals surface area contributed by atoms with Crippen LogP contribution in [0.1, 0.15) is 32.4 Å². The van der Waals surface area contributed by atoms with Gasteiger partial charge in [0, 0.05) is 0 Å². The maximum atomic E-state index is 11.5. The maximum Gasteiger partial charge on any atom is 0.407 e. The van der Waals surface area contributed by atoms with Crippen LogP contribution in [-0.4, -0.2) is 19.8 Å². The van der Waals surface area contributed by atoms with Crippen LogP contribution in [0, 0.1) is 5.92 Å². The van der Waals surface area contributed by atoms with Gasteiger partial charge in [0.1, 0.15) is 5.75 Å². The zero-order chi connectivity index (χ0) is 13.5. The Bertz CT molecular complexity index is 373. The summed E-state index contributed by atoms with van der Waals surface area (Å²) in [7, 11) is 1.63. The van der Waals surface area contributed by atoms with Gasteiger partial charge in [0.15, 0.2) is 0 Å². The molecule has 0 fully saturated rings. The highest BCUT2D eigenvalue weighted by atomic mass is 16.5. The van der Waals surface area contributed by atoms with Gasteiger partial charge in [-0.2, -0.15) is 0 Å². The largest absolute Gasteiger partial charge is 0.497 e. The molecule has 0 spiro atoms. The van der Waals surface area contributed by atoms with Gasteiger partial charge < -0.3 is 14.8 Å². The molecule has 1 aromatic carbocycles. The Morgan fingerprint density at radius 1 is 1.28 bits per heavy atom. The zero-order valence-corrected chi connectivity index (χ0v) is 11.4. The molecule has 0 heterocycles. The monoisotopic (exact) mass is 251 g/mol. The molecule has 0 aliphatic heterocycles. The number of benzene rings is 1. The average molecular weight is 251 g/mol. The van der Waals surface area contributed by atoms with Gasteiger partial charge in [0.25, 0.3) is 0 Å². The molecular formula is C14H21NO3. The van der Waals surface area contributed by atoms with E-state index in [1.807, 2.05) is 24.3 Å². The molecule has 0 saturated heterocycles. The third kappa shape index (κ3) is 3.95. The summed E-state index contributed by atoms with van der Waals surface area (Å²) in [5.41, 5.74) is 1.04. The first kappa shape index (κ1) is 14.4. The van der Waals surface area contributed by atoms with Crippen LogP contribution in [0.25, 0.3) is 0 Å². The number of rotatable bonds is 5. The van der Waals surface area contributed by atoms with Crippen molar-refractivity contribution >= 4 is 6.09 Å². The van der Waals surface area contributed by atoms with E-state index in [0.717, 1.165) is 11.3 Å². The second-order valence-corrected chi connectivity index (χ2v) is 4.36. The second kappa shape index (κ2) is 6.89. The standard InChI is InChI=1S/C14H21NO3/c1-5-18-14(16)15-13(10(2)3)11-6-8-12(17-4)9-7-11/h6-10,13H,5H2,1-4H3,(H,15,16). The normalized spacial score (nSPS) is 12.1. The number of nitrogens with one attached hydrogen (secondary N) is 1. The summed E-state index contributed by atoms with van der Waals surface area (Å²) in [4.78, 5) is 11.5. The van der Waals surface area contributed by atoms with Crippen LogP contribution in [0.2, 0.25) is 0 Å². The van der Waals surface area contributed by atoms with E-state index in [0.29, 0.717) is 6.61 Å². The van der Waals surface area contributed by atoms with Gasteiger partial charge in [-0.15, -0.1) is 0 Å². The van der Waals surface area contributed by atoms with Crippen LogP contribution in [0.15, 0.2) is 24.3 Å². The van der Waals surface area contributed by atoms with Gasteiger partial charge in [0.05, 0.1) is 19.8 Å². The average Bonchev–Trinajstić information content (AvgIpc) is 2.36. The van der Waals surface area contributed by atoms with E-state index in [4.69, 9.17) is 9.47 Å². The lowest BCUT2D eigenvalue weighted by atomic mass is 9.96. The van der Waals surface area contributed by atoms with Crippen molar-refractivity contribution in [3.8, 4) is 5.75 Å². The minimum atomic E-state index is -0.382. The fourth-order valence-corrected chi connectivity index (χ4v) is 1.75. The van der Waals surface area contributed by atoms with Crippen LogP contribution in [-0.2, 0) is 4.74 Å². The summed E-state index contributed by atoms with van der Waals surface area (Å²) in [5, 5.41) is 2.87. The predicted molar refractivity (Wildman–Crippen MR) is 70.7 cm³/mol. The van der Waals surface area contributed by atoms with Crippen LogP contribution < -0.4 is 10.1 Å². The van der Waals surface area contributed by atoms with Crippen molar-refractivity contribution < 1.29 is 14.3 Å². The van der Waals surface area contributed by atoms with Gasteiger partial charge in [-0.3, -0.25) is 0 Å². The molecule has 1 unspecified atom stereocenters. The van der Waals surface area contributed by atoms with Crippen molar-refractivity contribution in [2.45, 2.75) is 26.8 Å². The van der Waals surface area contributed by atoms with Crippen molar-refractivity contribution in [3.05, 3.63) is 29.8 Å². The Kier molecular flexibility index (Phi) is 5.49. The molecule has 18 heavy (non-hydrogen) atoms. The van der Waals surface area contributed by atoms with E-state index in [1.54, 1.807) is 14.0 Å². The third-order valence-corrected chi connectivity index (χ3v) is 2.69. The molecule has 0 saturated carbocycles. The first-order chi connectivity index (χ1) is 8.58. The molecule has 4 nitrogen and oxygen atoms in total. The minimum absolute atomic E-state index is 0.0602. The fourth-order valence-electron chi connectivity index (χ4n) is 1.75. The molecule has 0 radical (unpaired) electrons. The number of alkyl carbamates (subject to hydrolysis) is 1. The lowest BCUT2D eigenvalue weighted by Crippen LogP contribution is -2.32. The van der Waals surface area contributed by atoms with Gasteiger partial charge in [-0.05, 0) is 30.5 Å². The third-order valence-electron chi connectivity index (χ3n) is 2.69. The first-order valence-corrected chi connectivity index (χ1v) is 6.15. The van der Waals surface area contributed by atoms with Crippen molar-refractivity contribution in [1.82, 2.24) is 5.32 Å². The van der Waals surface area contributed by atoms with E-state index in [-0.39, 0.29) is 18.1 Å². The Labute approximate surface area is 108 Å². The molecule has 4 heteroatoms. The lowest BCUT2D eigenvalue weighted by Gasteiger charge is -2.22. The summed E-state index contributed by atoms with van der Waals surface area (Å²) >= 11 is 0. The van der Waals surface area contributed by atoms with Crippen LogP contribution >= 0.6 is 0 Å². The number of ether oxygens (including phenoxy) is 2. The minimum Gasteiger partial charge on any atom is -0.497 e. The smallest absolute Gasteiger partial charge is 0.407 e.